The first-order valence-electron chi connectivity index (χ1n) is 9.59. The van der Waals surface area contributed by atoms with Crippen LogP contribution in [0.4, 0.5) is 5.69 Å². The average Bonchev–Trinajstić information content (AvgIpc) is 2.72. The van der Waals surface area contributed by atoms with Crippen molar-refractivity contribution in [3.8, 4) is 11.5 Å². The van der Waals surface area contributed by atoms with Gasteiger partial charge in [0.1, 0.15) is 13.2 Å². The average molecular weight is 382 g/mol. The molecule has 0 saturated heterocycles. The molecule has 2 aromatic rings. The summed E-state index contributed by atoms with van der Waals surface area (Å²) in [5.74, 6) is 1.12. The number of benzene rings is 2. The minimum absolute atomic E-state index is 0.0191. The minimum Gasteiger partial charge on any atom is -0.486 e. The maximum absolute atomic E-state index is 12.6. The third-order valence-electron chi connectivity index (χ3n) is 4.74. The highest BCUT2D eigenvalue weighted by Gasteiger charge is 2.19. The Balaban J connectivity index is 1.56. The van der Waals surface area contributed by atoms with Gasteiger partial charge >= 0.3 is 0 Å². The molecule has 6 nitrogen and oxygen atoms in total. The first-order chi connectivity index (χ1) is 13.6. The molecule has 148 valence electrons. The second-order valence-electron chi connectivity index (χ2n) is 6.83. The van der Waals surface area contributed by atoms with Crippen molar-refractivity contribution in [1.29, 1.82) is 0 Å². The minimum atomic E-state index is -0.237. The molecule has 2 aromatic carbocycles. The summed E-state index contributed by atoms with van der Waals surface area (Å²) in [7, 11) is 0. The highest BCUT2D eigenvalue weighted by Crippen LogP contribution is 2.32. The van der Waals surface area contributed by atoms with Crippen molar-refractivity contribution in [1.82, 2.24) is 4.90 Å². The Morgan fingerprint density at radius 2 is 1.79 bits per heavy atom. The van der Waals surface area contributed by atoms with Crippen LogP contribution in [0.5, 0.6) is 11.5 Å². The van der Waals surface area contributed by atoms with Crippen LogP contribution in [0.2, 0.25) is 0 Å². The number of rotatable bonds is 7. The zero-order valence-corrected chi connectivity index (χ0v) is 16.3. The Hall–Kier alpha value is -3.02. The zero-order valence-electron chi connectivity index (χ0n) is 16.3. The summed E-state index contributed by atoms with van der Waals surface area (Å²) in [6, 6.07) is 15.2. The van der Waals surface area contributed by atoms with Crippen LogP contribution < -0.4 is 14.8 Å². The quantitative estimate of drug-likeness (QED) is 0.797. The number of fused-ring (bicyclic) bond motifs is 1. The molecule has 1 heterocycles. The fourth-order valence-electron chi connectivity index (χ4n) is 3.16. The first-order valence-corrected chi connectivity index (χ1v) is 9.59. The normalized spacial score (nSPS) is 13.5. The molecule has 28 heavy (non-hydrogen) atoms. The fourth-order valence-corrected chi connectivity index (χ4v) is 3.16. The van der Waals surface area contributed by atoms with Gasteiger partial charge in [-0.15, -0.1) is 0 Å². The predicted molar refractivity (Wildman–Crippen MR) is 108 cm³/mol. The summed E-state index contributed by atoms with van der Waals surface area (Å²) in [4.78, 5) is 26.7. The molecule has 0 aromatic heterocycles. The number of likely N-dealkylation sites (N-methyl/N-ethyl adjacent to an activating group) is 1. The van der Waals surface area contributed by atoms with Gasteiger partial charge in [0.05, 0.1) is 6.54 Å². The number of hydrogen-bond acceptors (Lipinski definition) is 4. The molecule has 1 atom stereocenters. The number of carbonyl (C=O) groups excluding carboxylic acids is 2. The van der Waals surface area contributed by atoms with E-state index in [1.165, 1.54) is 0 Å². The van der Waals surface area contributed by atoms with Crippen molar-refractivity contribution in [3.63, 3.8) is 0 Å². The molecule has 1 aliphatic rings. The summed E-state index contributed by atoms with van der Waals surface area (Å²) < 4.78 is 11.0. The van der Waals surface area contributed by atoms with E-state index in [2.05, 4.69) is 5.32 Å². The van der Waals surface area contributed by atoms with Gasteiger partial charge in [-0.3, -0.25) is 9.59 Å². The topological polar surface area (TPSA) is 67.9 Å². The molecule has 0 aliphatic carbocycles. The Kier molecular flexibility index (Phi) is 6.53. The Bertz CT molecular complexity index is 823. The van der Waals surface area contributed by atoms with Gasteiger partial charge in [-0.2, -0.15) is 0 Å². The number of amides is 2. The highest BCUT2D eigenvalue weighted by molar-refractivity contribution is 5.94. The lowest BCUT2D eigenvalue weighted by atomic mass is 9.97. The molecular weight excluding hydrogens is 356 g/mol. The Labute approximate surface area is 165 Å². The second-order valence-corrected chi connectivity index (χ2v) is 6.83. The number of hydrogen-bond donors (Lipinski definition) is 1. The van der Waals surface area contributed by atoms with E-state index in [1.807, 2.05) is 44.2 Å². The molecule has 0 bridgehead atoms. The van der Waals surface area contributed by atoms with Gasteiger partial charge in [0, 0.05) is 24.7 Å². The molecule has 0 radical (unpaired) electrons. The first kappa shape index (κ1) is 19.7. The largest absolute Gasteiger partial charge is 0.486 e. The van der Waals surface area contributed by atoms with Crippen molar-refractivity contribution in [2.45, 2.75) is 26.2 Å². The van der Waals surface area contributed by atoms with Gasteiger partial charge in [-0.05, 0) is 30.5 Å². The van der Waals surface area contributed by atoms with E-state index >= 15 is 0 Å². The summed E-state index contributed by atoms with van der Waals surface area (Å²) >= 11 is 0. The molecule has 0 spiro atoms. The molecule has 1 N–H and O–H groups in total. The Morgan fingerprint density at radius 3 is 2.50 bits per heavy atom. The maximum atomic E-state index is 12.6. The zero-order chi connectivity index (χ0) is 19.9. The van der Waals surface area contributed by atoms with Crippen LogP contribution in [0, 0.1) is 0 Å². The SMILES string of the molecule is CCN(CC(=O)Nc1ccc2c(c1)OCCO2)C(=O)C[C@@H](C)c1ccccc1. The van der Waals surface area contributed by atoms with Gasteiger partial charge in [0.25, 0.3) is 0 Å². The van der Waals surface area contributed by atoms with Gasteiger partial charge in [0.15, 0.2) is 11.5 Å². The smallest absolute Gasteiger partial charge is 0.243 e. The van der Waals surface area contributed by atoms with Crippen LogP contribution in [-0.4, -0.2) is 43.0 Å². The summed E-state index contributed by atoms with van der Waals surface area (Å²) in [6.45, 7) is 5.41. The predicted octanol–water partition coefficient (Wildman–Crippen LogP) is 3.44. The molecule has 1 aliphatic heterocycles. The van der Waals surface area contributed by atoms with Crippen molar-refractivity contribution >= 4 is 17.5 Å². The molecule has 6 heteroatoms. The van der Waals surface area contributed by atoms with E-state index in [0.29, 0.717) is 43.4 Å². The van der Waals surface area contributed by atoms with Crippen LogP contribution in [0.3, 0.4) is 0 Å². The van der Waals surface area contributed by atoms with E-state index in [-0.39, 0.29) is 24.3 Å². The third kappa shape index (κ3) is 5.03. The number of nitrogens with zero attached hydrogens (tertiary/aromatic N) is 1. The molecular formula is C22H26N2O4. The number of carbonyl (C=O) groups is 2. The monoisotopic (exact) mass is 382 g/mol. The van der Waals surface area contributed by atoms with E-state index in [1.54, 1.807) is 23.1 Å². The maximum Gasteiger partial charge on any atom is 0.243 e. The number of anilines is 1. The second kappa shape index (κ2) is 9.26. The van der Waals surface area contributed by atoms with Crippen molar-refractivity contribution in [2.75, 3.05) is 31.6 Å². The number of ether oxygens (including phenoxy) is 2. The summed E-state index contributed by atoms with van der Waals surface area (Å²) in [5.41, 5.74) is 1.74. The fraction of sp³-hybridized carbons (Fsp3) is 0.364. The lowest BCUT2D eigenvalue weighted by molar-refractivity contribution is -0.134. The van der Waals surface area contributed by atoms with Crippen LogP contribution in [0.15, 0.2) is 48.5 Å². The van der Waals surface area contributed by atoms with Crippen LogP contribution in [0.25, 0.3) is 0 Å². The number of nitrogens with one attached hydrogen (secondary N) is 1. The lowest BCUT2D eigenvalue weighted by Gasteiger charge is -2.23. The molecule has 0 saturated carbocycles. The van der Waals surface area contributed by atoms with Crippen LogP contribution in [0.1, 0.15) is 31.7 Å². The van der Waals surface area contributed by atoms with E-state index in [4.69, 9.17) is 9.47 Å². The summed E-state index contributed by atoms with van der Waals surface area (Å²) in [6.07, 6.45) is 0.370. The van der Waals surface area contributed by atoms with Crippen LogP contribution >= 0.6 is 0 Å². The van der Waals surface area contributed by atoms with Crippen LogP contribution in [-0.2, 0) is 9.59 Å². The van der Waals surface area contributed by atoms with E-state index in [9.17, 15) is 9.59 Å². The van der Waals surface area contributed by atoms with Crippen molar-refractivity contribution in [3.05, 3.63) is 54.1 Å². The molecule has 0 unspecified atom stereocenters. The van der Waals surface area contributed by atoms with E-state index in [0.717, 1.165) is 5.56 Å². The molecule has 0 fully saturated rings. The highest BCUT2D eigenvalue weighted by atomic mass is 16.6. The van der Waals surface area contributed by atoms with Gasteiger partial charge in [0.2, 0.25) is 11.8 Å². The van der Waals surface area contributed by atoms with E-state index < -0.39 is 0 Å². The third-order valence-corrected chi connectivity index (χ3v) is 4.74. The van der Waals surface area contributed by atoms with Gasteiger partial charge in [-0.1, -0.05) is 37.3 Å². The molecule has 2 amide bonds. The van der Waals surface area contributed by atoms with Gasteiger partial charge in [-0.25, -0.2) is 0 Å². The standard InChI is InChI=1S/C22H26N2O4/c1-3-24(22(26)13-16(2)17-7-5-4-6-8-17)15-21(25)23-18-9-10-19-20(14-18)28-12-11-27-19/h4-10,14,16H,3,11-13,15H2,1-2H3,(H,23,25)/t16-/m1/s1. The van der Waals surface area contributed by atoms with Gasteiger partial charge < -0.3 is 19.7 Å². The van der Waals surface area contributed by atoms with Crippen molar-refractivity contribution in [2.24, 2.45) is 0 Å². The Morgan fingerprint density at radius 1 is 1.07 bits per heavy atom. The van der Waals surface area contributed by atoms with Crippen molar-refractivity contribution < 1.29 is 19.1 Å². The lowest BCUT2D eigenvalue weighted by Crippen LogP contribution is -2.38. The summed E-state index contributed by atoms with van der Waals surface area (Å²) in [5, 5.41) is 2.83. The molecule has 3 rings (SSSR count).